The largest absolute Gasteiger partial charge is 0.423 e. The second kappa shape index (κ2) is 12.3. The molecule has 39 heavy (non-hydrogen) atoms. The van der Waals surface area contributed by atoms with Crippen LogP contribution in [0.5, 0.6) is 5.75 Å². The van der Waals surface area contributed by atoms with Crippen LogP contribution in [0.15, 0.2) is 101 Å². The van der Waals surface area contributed by atoms with E-state index in [0.717, 1.165) is 0 Å². The van der Waals surface area contributed by atoms with Gasteiger partial charge in [-0.15, -0.1) is 0 Å². The van der Waals surface area contributed by atoms with Crippen molar-refractivity contribution in [2.75, 3.05) is 4.72 Å². The normalized spacial score (nSPS) is 11.3. The SMILES string of the molecule is O=C(NN=Cc1cccc(OC(=O)c2ccc(Cl)cc2Cl)c1)c1ccc(NS(=O)(=O)c2ccc(Cl)cc2)cc1. The molecule has 2 N–H and O–H groups in total. The summed E-state index contributed by atoms with van der Waals surface area (Å²) in [5, 5.41) is 4.91. The van der Waals surface area contributed by atoms with E-state index in [-0.39, 0.29) is 32.5 Å². The zero-order valence-corrected chi connectivity index (χ0v) is 22.9. The number of nitrogens with one attached hydrogen (secondary N) is 2. The van der Waals surface area contributed by atoms with Gasteiger partial charge in [0, 0.05) is 21.3 Å². The second-order valence-electron chi connectivity index (χ2n) is 7.92. The van der Waals surface area contributed by atoms with E-state index in [1.807, 2.05) is 0 Å². The van der Waals surface area contributed by atoms with Crippen LogP contribution >= 0.6 is 34.8 Å². The number of sulfonamides is 1. The van der Waals surface area contributed by atoms with Crippen molar-refractivity contribution in [2.24, 2.45) is 5.10 Å². The van der Waals surface area contributed by atoms with E-state index in [2.05, 4.69) is 15.2 Å². The Labute approximate surface area is 239 Å². The number of esters is 1. The zero-order chi connectivity index (χ0) is 28.0. The van der Waals surface area contributed by atoms with Crippen LogP contribution in [0, 0.1) is 0 Å². The number of carbonyl (C=O) groups excluding carboxylic acids is 2. The number of rotatable bonds is 8. The van der Waals surface area contributed by atoms with E-state index in [0.29, 0.717) is 15.6 Å². The van der Waals surface area contributed by atoms with Gasteiger partial charge in [0.1, 0.15) is 5.75 Å². The van der Waals surface area contributed by atoms with Gasteiger partial charge in [-0.25, -0.2) is 18.6 Å². The Morgan fingerprint density at radius 2 is 1.51 bits per heavy atom. The van der Waals surface area contributed by atoms with Gasteiger partial charge in [-0.2, -0.15) is 5.10 Å². The maximum atomic E-state index is 12.5. The summed E-state index contributed by atoms with van der Waals surface area (Å²) in [6.45, 7) is 0. The molecule has 4 aromatic rings. The van der Waals surface area contributed by atoms with Crippen LogP contribution in [0.25, 0.3) is 0 Å². The Bertz CT molecular complexity index is 1660. The Balaban J connectivity index is 1.34. The van der Waals surface area contributed by atoms with Gasteiger partial charge in [0.2, 0.25) is 0 Å². The standard InChI is InChI=1S/C27H18Cl3N3O5S/c28-19-6-11-23(12-7-19)39(36,37)33-21-9-4-18(5-10-21)26(34)32-31-16-17-2-1-3-22(14-17)38-27(35)24-13-8-20(29)15-25(24)30/h1-16,33H,(H,32,34). The number of hydrogen-bond acceptors (Lipinski definition) is 6. The van der Waals surface area contributed by atoms with Crippen molar-refractivity contribution in [2.45, 2.75) is 4.90 Å². The van der Waals surface area contributed by atoms with Crippen LogP contribution in [0.2, 0.25) is 15.1 Å². The minimum atomic E-state index is -3.81. The summed E-state index contributed by atoms with van der Waals surface area (Å²) >= 11 is 17.7. The maximum absolute atomic E-state index is 12.5. The summed E-state index contributed by atoms with van der Waals surface area (Å²) in [5.41, 5.74) is 3.63. The molecule has 0 saturated carbocycles. The third-order valence-electron chi connectivity index (χ3n) is 5.12. The predicted molar refractivity (Wildman–Crippen MR) is 152 cm³/mol. The molecule has 0 atom stereocenters. The van der Waals surface area contributed by atoms with Gasteiger partial charge in [-0.3, -0.25) is 9.52 Å². The molecule has 0 heterocycles. The molecule has 4 rings (SSSR count). The number of amides is 1. The van der Waals surface area contributed by atoms with Crippen molar-refractivity contribution in [3.63, 3.8) is 0 Å². The first kappa shape index (κ1) is 28.1. The number of halogens is 3. The first-order valence-corrected chi connectivity index (χ1v) is 13.7. The molecule has 0 fully saturated rings. The van der Waals surface area contributed by atoms with Gasteiger partial charge in [-0.05, 0) is 84.4 Å². The lowest BCUT2D eigenvalue weighted by atomic mass is 10.2. The predicted octanol–water partition coefficient (Wildman–Crippen LogP) is 6.43. The Morgan fingerprint density at radius 3 is 2.21 bits per heavy atom. The van der Waals surface area contributed by atoms with Crippen molar-refractivity contribution in [1.82, 2.24) is 5.43 Å². The summed E-state index contributed by atoms with van der Waals surface area (Å²) in [4.78, 5) is 24.9. The van der Waals surface area contributed by atoms with Gasteiger partial charge >= 0.3 is 5.97 Å². The molecule has 4 aromatic carbocycles. The molecule has 0 spiro atoms. The molecular weight excluding hydrogens is 585 g/mol. The van der Waals surface area contributed by atoms with Gasteiger partial charge in [0.15, 0.2) is 0 Å². The smallest absolute Gasteiger partial charge is 0.345 e. The highest BCUT2D eigenvalue weighted by atomic mass is 35.5. The highest BCUT2D eigenvalue weighted by Gasteiger charge is 2.15. The fourth-order valence-corrected chi connectivity index (χ4v) is 4.89. The van der Waals surface area contributed by atoms with Crippen molar-refractivity contribution in [3.05, 3.63) is 123 Å². The van der Waals surface area contributed by atoms with Crippen LogP contribution < -0.4 is 14.9 Å². The number of benzene rings is 4. The van der Waals surface area contributed by atoms with Crippen molar-refractivity contribution in [1.29, 1.82) is 0 Å². The van der Waals surface area contributed by atoms with E-state index >= 15 is 0 Å². The van der Waals surface area contributed by atoms with Gasteiger partial charge in [0.25, 0.3) is 15.9 Å². The second-order valence-corrected chi connectivity index (χ2v) is 10.9. The van der Waals surface area contributed by atoms with E-state index in [4.69, 9.17) is 39.5 Å². The fourth-order valence-electron chi connectivity index (χ4n) is 3.22. The molecule has 0 saturated heterocycles. The Morgan fingerprint density at radius 1 is 0.821 bits per heavy atom. The summed E-state index contributed by atoms with van der Waals surface area (Å²) in [6.07, 6.45) is 1.37. The van der Waals surface area contributed by atoms with Crippen molar-refractivity contribution >= 4 is 68.6 Å². The highest BCUT2D eigenvalue weighted by Crippen LogP contribution is 2.23. The first-order valence-electron chi connectivity index (χ1n) is 11.1. The van der Waals surface area contributed by atoms with Crippen molar-refractivity contribution in [3.8, 4) is 5.75 Å². The molecule has 0 radical (unpaired) electrons. The van der Waals surface area contributed by atoms with E-state index in [1.54, 1.807) is 24.3 Å². The van der Waals surface area contributed by atoms with E-state index in [9.17, 15) is 18.0 Å². The monoisotopic (exact) mass is 601 g/mol. The summed E-state index contributed by atoms with van der Waals surface area (Å²) in [6, 6.07) is 22.5. The molecule has 0 aromatic heterocycles. The average Bonchev–Trinajstić information content (AvgIpc) is 2.89. The number of ether oxygens (including phenoxy) is 1. The molecule has 0 aliphatic rings. The Hall–Kier alpha value is -3.89. The third-order valence-corrected chi connectivity index (χ3v) is 7.32. The number of hydrazone groups is 1. The number of hydrogen-bond donors (Lipinski definition) is 2. The average molecular weight is 603 g/mol. The third kappa shape index (κ3) is 7.58. The summed E-state index contributed by atoms with van der Waals surface area (Å²) in [7, 11) is -3.81. The van der Waals surface area contributed by atoms with Gasteiger partial charge in [0.05, 0.1) is 21.7 Å². The van der Waals surface area contributed by atoms with Crippen molar-refractivity contribution < 1.29 is 22.7 Å². The lowest BCUT2D eigenvalue weighted by Crippen LogP contribution is -2.18. The number of nitrogens with zero attached hydrogens (tertiary/aromatic N) is 1. The highest BCUT2D eigenvalue weighted by molar-refractivity contribution is 7.92. The molecule has 0 unspecified atom stereocenters. The van der Waals surface area contributed by atoms with Gasteiger partial charge in [-0.1, -0.05) is 46.9 Å². The molecule has 0 aliphatic heterocycles. The van der Waals surface area contributed by atoms with Crippen LogP contribution in [-0.4, -0.2) is 26.5 Å². The molecule has 0 aliphatic carbocycles. The summed E-state index contributed by atoms with van der Waals surface area (Å²) in [5.74, 6) is -0.922. The van der Waals surface area contributed by atoms with Gasteiger partial charge < -0.3 is 4.74 Å². The van der Waals surface area contributed by atoms with Crippen LogP contribution in [-0.2, 0) is 10.0 Å². The van der Waals surface area contributed by atoms with E-state index in [1.165, 1.54) is 72.9 Å². The quantitative estimate of drug-likeness (QED) is 0.104. The number of anilines is 1. The van der Waals surface area contributed by atoms with Crippen LogP contribution in [0.4, 0.5) is 5.69 Å². The molecule has 0 bridgehead atoms. The molecule has 1 amide bonds. The molecular formula is C27H18Cl3N3O5S. The summed E-state index contributed by atoms with van der Waals surface area (Å²) < 4.78 is 32.8. The number of carbonyl (C=O) groups is 2. The topological polar surface area (TPSA) is 114 Å². The minimum Gasteiger partial charge on any atom is -0.423 e. The molecule has 198 valence electrons. The minimum absolute atomic E-state index is 0.0515. The lowest BCUT2D eigenvalue weighted by molar-refractivity contribution is 0.0734. The zero-order valence-electron chi connectivity index (χ0n) is 19.8. The maximum Gasteiger partial charge on any atom is 0.345 e. The van der Waals surface area contributed by atoms with E-state index < -0.39 is 21.9 Å². The fraction of sp³-hybridized carbons (Fsp3) is 0. The Kier molecular flexibility index (Phi) is 8.88. The molecule has 12 heteroatoms. The van der Waals surface area contributed by atoms with Crippen LogP contribution in [0.1, 0.15) is 26.3 Å². The first-order chi connectivity index (χ1) is 18.6. The van der Waals surface area contributed by atoms with Crippen LogP contribution in [0.3, 0.4) is 0 Å². The lowest BCUT2D eigenvalue weighted by Gasteiger charge is -2.09. The molecule has 8 nitrogen and oxygen atoms in total.